The lowest BCUT2D eigenvalue weighted by molar-refractivity contribution is -0.384. The van der Waals surface area contributed by atoms with E-state index in [1.165, 1.54) is 22.7 Å². The van der Waals surface area contributed by atoms with Gasteiger partial charge in [0, 0.05) is 30.9 Å². The number of rotatable bonds is 11. The van der Waals surface area contributed by atoms with Crippen molar-refractivity contribution in [3.8, 4) is 5.75 Å². The number of ether oxygens (including phenoxy) is 1. The number of imide groups is 1. The Morgan fingerprint density at radius 2 is 1.73 bits per heavy atom. The highest BCUT2D eigenvalue weighted by molar-refractivity contribution is 7.89. The molecule has 1 atom stereocenters. The van der Waals surface area contributed by atoms with Crippen LogP contribution < -0.4 is 15.1 Å². The van der Waals surface area contributed by atoms with Gasteiger partial charge in [-0.2, -0.15) is 9.41 Å². The average Bonchev–Trinajstić information content (AvgIpc) is 2.96. The third-order valence-corrected chi connectivity index (χ3v) is 8.59. The molecule has 1 aliphatic rings. The number of amides is 2. The summed E-state index contributed by atoms with van der Waals surface area (Å²) in [6, 6.07) is 16.7. The summed E-state index contributed by atoms with van der Waals surface area (Å²) in [4.78, 5) is 38.8. The largest absolute Gasteiger partial charge is 0.494 e. The van der Waals surface area contributed by atoms with E-state index in [1.54, 1.807) is 62.4 Å². The fourth-order valence-corrected chi connectivity index (χ4v) is 5.99. The molecular formula is C28H29N5O7S. The maximum absolute atomic E-state index is 13.6. The molecule has 3 aromatic carbocycles. The van der Waals surface area contributed by atoms with Crippen molar-refractivity contribution >= 4 is 45.1 Å². The summed E-state index contributed by atoms with van der Waals surface area (Å²) in [6.45, 7) is 6.09. The van der Waals surface area contributed by atoms with Crippen molar-refractivity contribution in [2.45, 2.75) is 31.6 Å². The molecule has 12 nitrogen and oxygen atoms in total. The van der Waals surface area contributed by atoms with E-state index in [0.29, 0.717) is 29.2 Å². The quantitative estimate of drug-likeness (QED) is 0.152. The summed E-state index contributed by atoms with van der Waals surface area (Å²) in [5, 5.41) is 15.9. The number of nitro groups is 1. The van der Waals surface area contributed by atoms with Crippen molar-refractivity contribution in [1.82, 2.24) is 4.31 Å². The number of carbonyl (C=O) groups is 2. The van der Waals surface area contributed by atoms with Gasteiger partial charge < -0.3 is 4.74 Å². The first-order chi connectivity index (χ1) is 19.6. The number of nitrogens with zero attached hydrogens (tertiary/aromatic N) is 4. The average molecular weight is 580 g/mol. The zero-order valence-corrected chi connectivity index (χ0v) is 23.5. The van der Waals surface area contributed by atoms with Crippen LogP contribution in [0.15, 0.2) is 76.7 Å². The van der Waals surface area contributed by atoms with Crippen LogP contribution in [0.5, 0.6) is 5.75 Å². The van der Waals surface area contributed by atoms with Gasteiger partial charge >= 0.3 is 0 Å². The van der Waals surface area contributed by atoms with Gasteiger partial charge in [0.15, 0.2) is 0 Å². The van der Waals surface area contributed by atoms with E-state index >= 15 is 0 Å². The van der Waals surface area contributed by atoms with Crippen LogP contribution in [-0.2, 0) is 14.8 Å². The predicted molar refractivity (Wildman–Crippen MR) is 154 cm³/mol. The van der Waals surface area contributed by atoms with Crippen LogP contribution in [0.4, 0.5) is 17.1 Å². The van der Waals surface area contributed by atoms with Crippen molar-refractivity contribution in [1.29, 1.82) is 0 Å². The van der Waals surface area contributed by atoms with Gasteiger partial charge in [-0.1, -0.05) is 32.0 Å². The van der Waals surface area contributed by atoms with E-state index in [4.69, 9.17) is 4.74 Å². The third-order valence-electron chi connectivity index (χ3n) is 6.54. The minimum atomic E-state index is -3.92. The Morgan fingerprint density at radius 3 is 2.37 bits per heavy atom. The van der Waals surface area contributed by atoms with Gasteiger partial charge in [0.2, 0.25) is 15.9 Å². The van der Waals surface area contributed by atoms with E-state index in [0.717, 1.165) is 11.0 Å². The van der Waals surface area contributed by atoms with Crippen molar-refractivity contribution in [3.05, 3.63) is 88.0 Å². The number of carbonyl (C=O) groups excluding carboxylic acids is 2. The van der Waals surface area contributed by atoms with Crippen molar-refractivity contribution in [3.63, 3.8) is 0 Å². The molecule has 0 fully saturated rings. The molecule has 0 radical (unpaired) electrons. The molecular weight excluding hydrogens is 550 g/mol. The van der Waals surface area contributed by atoms with Crippen LogP contribution in [0, 0.1) is 10.1 Å². The number of nitrogens with one attached hydrogen (secondary N) is 1. The molecule has 3 aromatic rings. The molecule has 13 heteroatoms. The summed E-state index contributed by atoms with van der Waals surface area (Å²) in [7, 11) is -3.92. The summed E-state index contributed by atoms with van der Waals surface area (Å²) >= 11 is 0. The Kier molecular flexibility index (Phi) is 8.79. The fraction of sp³-hybridized carbons (Fsp3) is 0.250. The lowest BCUT2D eigenvalue weighted by Gasteiger charge is -2.30. The molecule has 0 aromatic heterocycles. The topological polar surface area (TPSA) is 152 Å². The second kappa shape index (κ2) is 12.3. The van der Waals surface area contributed by atoms with Crippen molar-refractivity contribution in [2.75, 3.05) is 30.0 Å². The van der Waals surface area contributed by atoms with Crippen LogP contribution in [-0.4, -0.2) is 55.4 Å². The molecule has 214 valence electrons. The molecule has 0 saturated carbocycles. The first kappa shape index (κ1) is 29.4. The predicted octanol–water partition coefficient (Wildman–Crippen LogP) is 4.39. The van der Waals surface area contributed by atoms with Gasteiger partial charge in [-0.3, -0.25) is 25.1 Å². The summed E-state index contributed by atoms with van der Waals surface area (Å²) in [5.74, 6) is -1.44. The van der Waals surface area contributed by atoms with Crippen molar-refractivity contribution < 1.29 is 27.7 Å². The molecule has 0 saturated heterocycles. The maximum Gasteiger partial charge on any atom is 0.295 e. The first-order valence-corrected chi connectivity index (χ1v) is 14.4. The molecule has 4 rings (SSSR count). The Labute approximate surface area is 237 Å². The van der Waals surface area contributed by atoms with E-state index in [2.05, 4.69) is 10.5 Å². The lowest BCUT2D eigenvalue weighted by Crippen LogP contribution is -2.45. The Morgan fingerprint density at radius 1 is 1.05 bits per heavy atom. The standard InChI is InChI=1S/C28H29N5O7S/c1-4-31(5-2)41(38,39)21-15-16-25(26(17-21)33(36)37)30-29-18-24-22-9-7-8-10-23(22)27(34)32(28(24)35)19-11-13-20(14-12-19)40-6-3/h7-18,24,30H,4-6H2,1-3H3. The Hall–Kier alpha value is -4.62. The fourth-order valence-electron chi connectivity index (χ4n) is 4.51. The van der Waals surface area contributed by atoms with Gasteiger partial charge in [-0.15, -0.1) is 0 Å². The van der Waals surface area contributed by atoms with Crippen molar-refractivity contribution in [2.24, 2.45) is 5.10 Å². The van der Waals surface area contributed by atoms with Crippen LogP contribution in [0.25, 0.3) is 0 Å². The molecule has 0 spiro atoms. The van der Waals surface area contributed by atoms with Gasteiger partial charge in [-0.25, -0.2) is 13.3 Å². The van der Waals surface area contributed by atoms with Crippen LogP contribution in [0.2, 0.25) is 0 Å². The van der Waals surface area contributed by atoms with E-state index in [1.807, 2.05) is 6.92 Å². The smallest absolute Gasteiger partial charge is 0.295 e. The number of hydrazone groups is 1. The van der Waals surface area contributed by atoms with Crippen LogP contribution in [0.1, 0.15) is 42.6 Å². The Bertz CT molecular complexity index is 1600. The number of hydrogen-bond donors (Lipinski definition) is 1. The zero-order valence-electron chi connectivity index (χ0n) is 22.7. The zero-order chi connectivity index (χ0) is 29.7. The Balaban J connectivity index is 1.65. The number of fused-ring (bicyclic) bond motifs is 1. The normalized spacial score (nSPS) is 15.3. The van der Waals surface area contributed by atoms with Crippen LogP contribution >= 0.6 is 0 Å². The summed E-state index contributed by atoms with van der Waals surface area (Å²) in [6.07, 6.45) is 1.26. The second-order valence-corrected chi connectivity index (χ2v) is 10.8. The monoisotopic (exact) mass is 579 g/mol. The highest BCUT2D eigenvalue weighted by atomic mass is 32.2. The molecule has 1 aliphatic heterocycles. The summed E-state index contributed by atoms with van der Waals surface area (Å²) < 4.78 is 32.4. The highest BCUT2D eigenvalue weighted by Crippen LogP contribution is 2.33. The van der Waals surface area contributed by atoms with E-state index < -0.39 is 38.4 Å². The number of nitro benzene ring substituents is 1. The minimum Gasteiger partial charge on any atom is -0.494 e. The first-order valence-electron chi connectivity index (χ1n) is 12.9. The van der Waals surface area contributed by atoms with Gasteiger partial charge in [-0.05, 0) is 55.0 Å². The third kappa shape index (κ3) is 5.81. The number of benzene rings is 3. The molecule has 1 heterocycles. The van der Waals surface area contributed by atoms with Gasteiger partial charge in [0.05, 0.1) is 22.1 Å². The molecule has 41 heavy (non-hydrogen) atoms. The maximum atomic E-state index is 13.6. The van der Waals surface area contributed by atoms with E-state index in [9.17, 15) is 28.1 Å². The number of anilines is 2. The molecule has 1 unspecified atom stereocenters. The van der Waals surface area contributed by atoms with Gasteiger partial charge in [0.1, 0.15) is 17.4 Å². The molecule has 0 bridgehead atoms. The van der Waals surface area contributed by atoms with E-state index in [-0.39, 0.29) is 23.7 Å². The molecule has 2 amide bonds. The van der Waals surface area contributed by atoms with Crippen LogP contribution in [0.3, 0.4) is 0 Å². The SMILES string of the molecule is CCOc1ccc(N2C(=O)c3ccccc3C(C=NNc3ccc(S(=O)(=O)N(CC)CC)cc3[N+](=O)[O-])C2=O)cc1. The highest BCUT2D eigenvalue weighted by Gasteiger charge is 2.39. The van der Waals surface area contributed by atoms with Gasteiger partial charge in [0.25, 0.3) is 11.6 Å². The second-order valence-electron chi connectivity index (χ2n) is 8.89. The summed E-state index contributed by atoms with van der Waals surface area (Å²) in [5.41, 5.74) is 3.09. The molecule has 0 aliphatic carbocycles. The lowest BCUT2D eigenvalue weighted by atomic mass is 9.89. The molecule has 1 N–H and O–H groups in total. The number of hydrogen-bond acceptors (Lipinski definition) is 9. The minimum absolute atomic E-state index is 0.0688. The number of sulfonamides is 1.